The minimum absolute atomic E-state index is 0.594. The molecule has 5 nitrogen and oxygen atoms in total. The SMILES string of the molecule is c1ccc(-c2nc(-c3ccc4ccccc4c3)nc(-c3ccc4c(c3)oc3c(-n5c6ccccc6c6ccccc65)cccc34)n2)cc1. The average Bonchev–Trinajstić information content (AvgIpc) is 3.70. The minimum atomic E-state index is 0.594. The first-order valence-corrected chi connectivity index (χ1v) is 16.0. The van der Waals surface area contributed by atoms with Gasteiger partial charge >= 0.3 is 0 Å². The fourth-order valence-electron chi connectivity index (χ4n) is 6.96. The predicted octanol–water partition coefficient (Wildman–Crippen LogP) is 11.0. The number of rotatable bonds is 4. The predicted molar refractivity (Wildman–Crippen MR) is 195 cm³/mol. The fraction of sp³-hybridized carbons (Fsp3) is 0. The summed E-state index contributed by atoms with van der Waals surface area (Å²) in [5, 5.41) is 6.86. The van der Waals surface area contributed by atoms with Gasteiger partial charge in [0.25, 0.3) is 0 Å². The molecule has 0 unspecified atom stereocenters. The molecule has 5 heteroatoms. The summed E-state index contributed by atoms with van der Waals surface area (Å²) >= 11 is 0. The zero-order chi connectivity index (χ0) is 31.6. The van der Waals surface area contributed by atoms with Gasteiger partial charge in [0, 0.05) is 38.2 Å². The van der Waals surface area contributed by atoms with Crippen LogP contribution in [0.25, 0.3) is 94.4 Å². The molecule has 3 heterocycles. The lowest BCUT2D eigenvalue weighted by molar-refractivity contribution is 0.666. The molecule has 0 aliphatic carbocycles. The number of hydrogen-bond acceptors (Lipinski definition) is 4. The van der Waals surface area contributed by atoms with Gasteiger partial charge in [0.05, 0.1) is 16.7 Å². The van der Waals surface area contributed by atoms with E-state index in [1.54, 1.807) is 0 Å². The van der Waals surface area contributed by atoms with Crippen LogP contribution in [-0.4, -0.2) is 19.5 Å². The summed E-state index contributed by atoms with van der Waals surface area (Å²) in [6.45, 7) is 0. The Hall–Kier alpha value is -6.59. The van der Waals surface area contributed by atoms with E-state index in [-0.39, 0.29) is 0 Å². The van der Waals surface area contributed by atoms with Crippen LogP contribution in [0.15, 0.2) is 162 Å². The highest BCUT2D eigenvalue weighted by molar-refractivity contribution is 6.13. The molecule has 7 aromatic carbocycles. The zero-order valence-corrected chi connectivity index (χ0v) is 25.7. The maximum Gasteiger partial charge on any atom is 0.164 e. The molecule has 0 atom stereocenters. The molecule has 0 saturated carbocycles. The standard InChI is InChI=1S/C43H26N4O/c1-2-12-28(13-3-1)41-44-42(30-22-21-27-11-4-5-14-29(27)25-30)46-43(45-41)31-23-24-34-35-17-10-20-38(40(35)48-39(34)26-31)47-36-18-8-6-15-32(36)33-16-7-9-19-37(33)47/h1-26H. The van der Waals surface area contributed by atoms with Gasteiger partial charge in [-0.2, -0.15) is 0 Å². The Kier molecular flexibility index (Phi) is 5.81. The lowest BCUT2D eigenvalue weighted by atomic mass is 10.1. The van der Waals surface area contributed by atoms with E-state index in [1.807, 2.05) is 30.3 Å². The third-order valence-corrected chi connectivity index (χ3v) is 9.23. The fourth-order valence-corrected chi connectivity index (χ4v) is 6.96. The van der Waals surface area contributed by atoms with Gasteiger partial charge in [-0.3, -0.25) is 0 Å². The van der Waals surface area contributed by atoms with Crippen molar-refractivity contribution < 1.29 is 4.42 Å². The van der Waals surface area contributed by atoms with E-state index >= 15 is 0 Å². The molecule has 3 aromatic heterocycles. The number of furan rings is 1. The van der Waals surface area contributed by atoms with Crippen molar-refractivity contribution in [2.75, 3.05) is 0 Å². The molecule has 48 heavy (non-hydrogen) atoms. The van der Waals surface area contributed by atoms with E-state index in [0.717, 1.165) is 60.7 Å². The van der Waals surface area contributed by atoms with Crippen molar-refractivity contribution in [3.8, 4) is 39.9 Å². The van der Waals surface area contributed by atoms with Crippen molar-refractivity contribution in [2.24, 2.45) is 0 Å². The molecular formula is C43H26N4O. The van der Waals surface area contributed by atoms with Crippen LogP contribution in [0.5, 0.6) is 0 Å². The molecular weight excluding hydrogens is 589 g/mol. The number of hydrogen-bond donors (Lipinski definition) is 0. The van der Waals surface area contributed by atoms with Gasteiger partial charge in [-0.25, -0.2) is 15.0 Å². The first-order valence-electron chi connectivity index (χ1n) is 16.0. The highest BCUT2D eigenvalue weighted by Gasteiger charge is 2.19. The van der Waals surface area contributed by atoms with Crippen molar-refractivity contribution in [2.45, 2.75) is 0 Å². The van der Waals surface area contributed by atoms with E-state index in [0.29, 0.717) is 17.5 Å². The van der Waals surface area contributed by atoms with Gasteiger partial charge in [-0.05, 0) is 47.2 Å². The smallest absolute Gasteiger partial charge is 0.164 e. The van der Waals surface area contributed by atoms with Crippen LogP contribution in [0.4, 0.5) is 0 Å². The normalized spacial score (nSPS) is 11.8. The second-order valence-corrected chi connectivity index (χ2v) is 12.1. The summed E-state index contributed by atoms with van der Waals surface area (Å²) in [6, 6.07) is 54.5. The Balaban J connectivity index is 1.16. The summed E-state index contributed by atoms with van der Waals surface area (Å²) in [5.41, 5.74) is 7.66. The van der Waals surface area contributed by atoms with E-state index in [2.05, 4.69) is 132 Å². The highest BCUT2D eigenvalue weighted by Crippen LogP contribution is 2.39. The molecule has 0 bridgehead atoms. The molecule has 10 rings (SSSR count). The molecule has 0 fully saturated rings. The number of para-hydroxylation sites is 3. The van der Waals surface area contributed by atoms with Gasteiger partial charge in [-0.1, -0.05) is 121 Å². The van der Waals surface area contributed by atoms with E-state index in [9.17, 15) is 0 Å². The molecule has 0 amide bonds. The van der Waals surface area contributed by atoms with Crippen LogP contribution >= 0.6 is 0 Å². The second kappa shape index (κ2) is 10.5. The quantitative estimate of drug-likeness (QED) is 0.198. The zero-order valence-electron chi connectivity index (χ0n) is 25.7. The lowest BCUT2D eigenvalue weighted by Gasteiger charge is -2.09. The topological polar surface area (TPSA) is 56.7 Å². The van der Waals surface area contributed by atoms with Gasteiger partial charge < -0.3 is 8.98 Å². The summed E-state index contributed by atoms with van der Waals surface area (Å²) < 4.78 is 9.06. The molecule has 0 spiro atoms. The Labute approximate surface area is 275 Å². The van der Waals surface area contributed by atoms with Gasteiger partial charge in [0.15, 0.2) is 23.1 Å². The van der Waals surface area contributed by atoms with Crippen LogP contribution in [0, 0.1) is 0 Å². The number of aromatic nitrogens is 4. The average molecular weight is 615 g/mol. The highest BCUT2D eigenvalue weighted by atomic mass is 16.3. The lowest BCUT2D eigenvalue weighted by Crippen LogP contribution is -2.00. The van der Waals surface area contributed by atoms with Crippen molar-refractivity contribution in [3.63, 3.8) is 0 Å². The van der Waals surface area contributed by atoms with E-state index < -0.39 is 0 Å². The number of fused-ring (bicyclic) bond motifs is 7. The van der Waals surface area contributed by atoms with Crippen LogP contribution < -0.4 is 0 Å². The minimum Gasteiger partial charge on any atom is -0.454 e. The van der Waals surface area contributed by atoms with Gasteiger partial charge in [0.1, 0.15) is 5.58 Å². The Bertz CT molecular complexity index is 2800. The van der Waals surface area contributed by atoms with Crippen molar-refractivity contribution in [3.05, 3.63) is 158 Å². The summed E-state index contributed by atoms with van der Waals surface area (Å²) in [7, 11) is 0. The molecule has 0 saturated heterocycles. The maximum absolute atomic E-state index is 6.75. The van der Waals surface area contributed by atoms with Crippen LogP contribution in [0.1, 0.15) is 0 Å². The van der Waals surface area contributed by atoms with Crippen molar-refractivity contribution in [1.29, 1.82) is 0 Å². The summed E-state index contributed by atoms with van der Waals surface area (Å²) in [6.07, 6.45) is 0. The first kappa shape index (κ1) is 26.6. The Morgan fingerprint density at radius 2 is 0.979 bits per heavy atom. The van der Waals surface area contributed by atoms with Gasteiger partial charge in [-0.15, -0.1) is 0 Å². The Morgan fingerprint density at radius 3 is 1.73 bits per heavy atom. The van der Waals surface area contributed by atoms with Crippen LogP contribution in [0.3, 0.4) is 0 Å². The summed E-state index contributed by atoms with van der Waals surface area (Å²) in [4.78, 5) is 15.0. The Morgan fingerprint density at radius 1 is 0.396 bits per heavy atom. The number of nitrogens with zero attached hydrogens (tertiary/aromatic N) is 4. The van der Waals surface area contributed by atoms with Crippen LogP contribution in [0.2, 0.25) is 0 Å². The van der Waals surface area contributed by atoms with E-state index in [1.165, 1.54) is 16.2 Å². The molecule has 224 valence electrons. The van der Waals surface area contributed by atoms with Gasteiger partial charge in [0.2, 0.25) is 0 Å². The largest absolute Gasteiger partial charge is 0.454 e. The van der Waals surface area contributed by atoms with Crippen molar-refractivity contribution in [1.82, 2.24) is 19.5 Å². The molecule has 0 aliphatic rings. The maximum atomic E-state index is 6.75. The van der Waals surface area contributed by atoms with Crippen molar-refractivity contribution >= 4 is 54.5 Å². The molecule has 0 aliphatic heterocycles. The molecule has 0 N–H and O–H groups in total. The molecule has 0 radical (unpaired) electrons. The van der Waals surface area contributed by atoms with E-state index in [4.69, 9.17) is 19.4 Å². The van der Waals surface area contributed by atoms with Crippen LogP contribution in [-0.2, 0) is 0 Å². The third kappa shape index (κ3) is 4.15. The summed E-state index contributed by atoms with van der Waals surface area (Å²) in [5.74, 6) is 1.85. The monoisotopic (exact) mass is 614 g/mol. The first-order chi connectivity index (χ1) is 23.8. The number of benzene rings is 7. The molecule has 10 aromatic rings. The third-order valence-electron chi connectivity index (χ3n) is 9.23. The second-order valence-electron chi connectivity index (χ2n) is 12.1.